The fraction of sp³-hybridized carbons (Fsp3) is 0.952. The van der Waals surface area contributed by atoms with E-state index in [4.69, 9.17) is 9.47 Å². The summed E-state index contributed by atoms with van der Waals surface area (Å²) in [7, 11) is 0. The summed E-state index contributed by atoms with van der Waals surface area (Å²) in [6, 6.07) is 0. The van der Waals surface area contributed by atoms with E-state index < -0.39 is 5.41 Å². The van der Waals surface area contributed by atoms with E-state index in [9.17, 15) is 4.79 Å². The lowest BCUT2D eigenvalue weighted by atomic mass is 9.75. The largest absolute Gasteiger partial charge is 0.435 e. The smallest absolute Gasteiger partial charge is 0.313 e. The van der Waals surface area contributed by atoms with E-state index in [1.807, 2.05) is 34.6 Å². The van der Waals surface area contributed by atoms with Crippen LogP contribution in [0.3, 0.4) is 0 Å². The van der Waals surface area contributed by atoms with Crippen LogP contribution in [0.15, 0.2) is 0 Å². The van der Waals surface area contributed by atoms with Crippen LogP contribution in [0.2, 0.25) is 0 Å². The quantitative estimate of drug-likeness (QED) is 0.431. The van der Waals surface area contributed by atoms with Crippen molar-refractivity contribution in [2.75, 3.05) is 0 Å². The summed E-state index contributed by atoms with van der Waals surface area (Å²) in [5, 5.41) is 0. The summed E-state index contributed by atoms with van der Waals surface area (Å²) in [6.45, 7) is 10.0. The molecule has 0 spiro atoms. The van der Waals surface area contributed by atoms with E-state index in [-0.39, 0.29) is 18.4 Å². The number of esters is 1. The van der Waals surface area contributed by atoms with Crippen LogP contribution in [0.25, 0.3) is 0 Å². The standard InChI is InChI=1S/C21H38O3/c1-6-20(4,5)19(22)24-18(23-16(2)3)15-21-12-9-7-8-10-17(14-21)11-13-21/h16-18H,6-15H2,1-5H3. The lowest BCUT2D eigenvalue weighted by molar-refractivity contribution is -0.203. The van der Waals surface area contributed by atoms with E-state index in [2.05, 4.69) is 0 Å². The number of rotatable bonds is 7. The minimum atomic E-state index is -0.435. The number of hydrogen-bond acceptors (Lipinski definition) is 3. The first-order valence-corrected chi connectivity index (χ1v) is 10.1. The van der Waals surface area contributed by atoms with Gasteiger partial charge >= 0.3 is 5.97 Å². The molecule has 0 aromatic heterocycles. The average molecular weight is 339 g/mol. The molecule has 3 heteroatoms. The van der Waals surface area contributed by atoms with E-state index in [0.29, 0.717) is 5.41 Å². The molecule has 24 heavy (non-hydrogen) atoms. The van der Waals surface area contributed by atoms with Gasteiger partial charge in [-0.05, 0) is 71.1 Å². The second kappa shape index (κ2) is 8.21. The second-order valence-electron chi connectivity index (χ2n) is 9.17. The predicted molar refractivity (Wildman–Crippen MR) is 97.6 cm³/mol. The fourth-order valence-corrected chi connectivity index (χ4v) is 4.40. The number of carbonyl (C=O) groups excluding carboxylic acids is 1. The van der Waals surface area contributed by atoms with Gasteiger partial charge in [-0.3, -0.25) is 4.79 Å². The molecule has 0 aromatic carbocycles. The molecule has 3 atom stereocenters. The Morgan fingerprint density at radius 1 is 1.17 bits per heavy atom. The molecule has 2 aliphatic rings. The molecule has 0 aliphatic heterocycles. The van der Waals surface area contributed by atoms with Crippen LogP contribution < -0.4 is 0 Å². The van der Waals surface area contributed by atoms with Crippen molar-refractivity contribution >= 4 is 5.97 Å². The molecule has 2 fully saturated rings. The van der Waals surface area contributed by atoms with Gasteiger partial charge in [-0.2, -0.15) is 0 Å². The van der Waals surface area contributed by atoms with Crippen molar-refractivity contribution in [1.29, 1.82) is 0 Å². The molecule has 2 aliphatic carbocycles. The van der Waals surface area contributed by atoms with Crippen molar-refractivity contribution in [3.05, 3.63) is 0 Å². The van der Waals surface area contributed by atoms with Gasteiger partial charge in [0.15, 0.2) is 0 Å². The predicted octanol–water partition coefficient (Wildman–Crippen LogP) is 5.86. The molecule has 2 bridgehead atoms. The van der Waals surface area contributed by atoms with Gasteiger partial charge in [-0.1, -0.05) is 32.6 Å². The normalized spacial score (nSPS) is 29.2. The average Bonchev–Trinajstić information content (AvgIpc) is 2.90. The van der Waals surface area contributed by atoms with Crippen LogP contribution >= 0.6 is 0 Å². The number of carbonyl (C=O) groups is 1. The fourth-order valence-electron chi connectivity index (χ4n) is 4.40. The highest BCUT2D eigenvalue weighted by molar-refractivity contribution is 5.75. The highest BCUT2D eigenvalue weighted by Crippen LogP contribution is 2.52. The van der Waals surface area contributed by atoms with Gasteiger partial charge in [-0.15, -0.1) is 0 Å². The lowest BCUT2D eigenvalue weighted by Crippen LogP contribution is -2.36. The maximum atomic E-state index is 12.6. The molecule has 3 nitrogen and oxygen atoms in total. The molecule has 3 unspecified atom stereocenters. The summed E-state index contributed by atoms with van der Waals surface area (Å²) in [5.74, 6) is 0.764. The second-order valence-corrected chi connectivity index (χ2v) is 9.17. The van der Waals surface area contributed by atoms with Gasteiger partial charge in [0.2, 0.25) is 6.29 Å². The van der Waals surface area contributed by atoms with Gasteiger partial charge in [-0.25, -0.2) is 0 Å². The topological polar surface area (TPSA) is 35.5 Å². The first kappa shape index (κ1) is 19.8. The Kier molecular flexibility index (Phi) is 6.75. The molecule has 0 amide bonds. The molecule has 0 saturated heterocycles. The molecule has 0 aromatic rings. The van der Waals surface area contributed by atoms with Gasteiger partial charge < -0.3 is 9.47 Å². The van der Waals surface area contributed by atoms with E-state index in [1.165, 1.54) is 51.4 Å². The third kappa shape index (κ3) is 5.21. The Bertz CT molecular complexity index is 415. The van der Waals surface area contributed by atoms with Gasteiger partial charge in [0.25, 0.3) is 0 Å². The van der Waals surface area contributed by atoms with Crippen molar-refractivity contribution in [1.82, 2.24) is 0 Å². The molecule has 0 heterocycles. The molecule has 2 saturated carbocycles. The highest BCUT2D eigenvalue weighted by atomic mass is 16.7. The molecular formula is C21H38O3. The monoisotopic (exact) mass is 338 g/mol. The van der Waals surface area contributed by atoms with Crippen LogP contribution in [-0.2, 0) is 14.3 Å². The highest BCUT2D eigenvalue weighted by Gasteiger charge is 2.42. The molecule has 140 valence electrons. The number of hydrogen-bond donors (Lipinski definition) is 0. The third-order valence-corrected chi connectivity index (χ3v) is 6.32. The van der Waals surface area contributed by atoms with E-state index in [1.54, 1.807) is 0 Å². The third-order valence-electron chi connectivity index (χ3n) is 6.32. The van der Waals surface area contributed by atoms with Crippen molar-refractivity contribution in [2.24, 2.45) is 16.7 Å². The Balaban J connectivity index is 2.06. The minimum absolute atomic E-state index is 0.0784. The summed E-state index contributed by atoms with van der Waals surface area (Å²) in [5.41, 5.74) is -0.101. The molecular weight excluding hydrogens is 300 g/mol. The van der Waals surface area contributed by atoms with Crippen molar-refractivity contribution in [3.8, 4) is 0 Å². The Labute approximate surface area is 148 Å². The van der Waals surface area contributed by atoms with Crippen LogP contribution in [0, 0.1) is 16.7 Å². The van der Waals surface area contributed by atoms with E-state index >= 15 is 0 Å². The Morgan fingerprint density at radius 2 is 1.92 bits per heavy atom. The SMILES string of the molecule is CCC(C)(C)C(=O)OC(CC12CCCCCC(CC1)C2)OC(C)C. The summed E-state index contributed by atoms with van der Waals surface area (Å²) < 4.78 is 11.9. The van der Waals surface area contributed by atoms with Crippen LogP contribution in [-0.4, -0.2) is 18.4 Å². The maximum absolute atomic E-state index is 12.6. The first-order valence-electron chi connectivity index (χ1n) is 10.1. The first-order chi connectivity index (χ1) is 11.3. The zero-order valence-electron chi connectivity index (χ0n) is 16.5. The van der Waals surface area contributed by atoms with Gasteiger partial charge in [0, 0.05) is 6.42 Å². The summed E-state index contributed by atoms with van der Waals surface area (Å²) >= 11 is 0. The lowest BCUT2D eigenvalue weighted by Gasteiger charge is -2.36. The zero-order valence-corrected chi connectivity index (χ0v) is 16.5. The van der Waals surface area contributed by atoms with Crippen molar-refractivity contribution < 1.29 is 14.3 Å². The zero-order chi connectivity index (χ0) is 17.8. The Hall–Kier alpha value is -0.570. The Morgan fingerprint density at radius 3 is 2.58 bits per heavy atom. The number of fused-ring (bicyclic) bond motifs is 2. The van der Waals surface area contributed by atoms with Crippen molar-refractivity contribution in [3.63, 3.8) is 0 Å². The minimum Gasteiger partial charge on any atom is -0.435 e. The van der Waals surface area contributed by atoms with Crippen LogP contribution in [0.4, 0.5) is 0 Å². The van der Waals surface area contributed by atoms with Crippen LogP contribution in [0.1, 0.15) is 98.8 Å². The van der Waals surface area contributed by atoms with Gasteiger partial charge in [0.1, 0.15) is 0 Å². The molecule has 2 rings (SSSR count). The van der Waals surface area contributed by atoms with Crippen molar-refractivity contribution in [2.45, 2.75) is 111 Å². The van der Waals surface area contributed by atoms with Gasteiger partial charge in [0.05, 0.1) is 11.5 Å². The molecule has 0 N–H and O–H groups in total. The van der Waals surface area contributed by atoms with Crippen LogP contribution in [0.5, 0.6) is 0 Å². The maximum Gasteiger partial charge on any atom is 0.313 e. The number of ether oxygens (including phenoxy) is 2. The molecule has 0 radical (unpaired) electrons. The summed E-state index contributed by atoms with van der Waals surface area (Å²) in [4.78, 5) is 12.6. The summed E-state index contributed by atoms with van der Waals surface area (Å²) in [6.07, 6.45) is 12.0. The van der Waals surface area contributed by atoms with E-state index in [0.717, 1.165) is 18.8 Å².